The first-order chi connectivity index (χ1) is 43.0. The van der Waals surface area contributed by atoms with E-state index in [2.05, 4.69) is 86.8 Å². The van der Waals surface area contributed by atoms with Crippen LogP contribution in [0, 0.1) is 0 Å². The molecule has 9 nitrogen and oxygen atoms in total. The Morgan fingerprint density at radius 1 is 0.364 bits per heavy atom. The molecule has 514 valence electrons. The zero-order chi connectivity index (χ0) is 64.1. The summed E-state index contributed by atoms with van der Waals surface area (Å²) in [6.07, 6.45) is 93.3. The van der Waals surface area contributed by atoms with Crippen LogP contribution in [0.15, 0.2) is 72.9 Å². The second-order valence-corrected chi connectivity index (χ2v) is 28.1. The lowest BCUT2D eigenvalue weighted by Crippen LogP contribution is -2.37. The second-order valence-electron chi connectivity index (χ2n) is 26.7. The molecule has 0 saturated carbocycles. The topological polar surface area (TPSA) is 108 Å². The van der Waals surface area contributed by atoms with Crippen LogP contribution < -0.4 is 0 Å². The van der Waals surface area contributed by atoms with E-state index in [4.69, 9.17) is 18.5 Å². The van der Waals surface area contributed by atoms with E-state index in [1.54, 1.807) is 0 Å². The predicted molar refractivity (Wildman–Crippen MR) is 381 cm³/mol. The molecule has 1 N–H and O–H groups in total. The molecule has 0 aromatic carbocycles. The van der Waals surface area contributed by atoms with Crippen LogP contribution in [0.4, 0.5) is 0 Å². The molecule has 2 unspecified atom stereocenters. The quantitative estimate of drug-likeness (QED) is 0.0211. The number of nitrogens with zero attached hydrogens (tertiary/aromatic N) is 1. The van der Waals surface area contributed by atoms with Crippen LogP contribution in [-0.4, -0.2) is 74.9 Å². The highest BCUT2D eigenvalue weighted by Gasteiger charge is 2.27. The number of unbranched alkanes of at least 4 members (excludes halogenated alkanes) is 44. The molecule has 0 amide bonds. The summed E-state index contributed by atoms with van der Waals surface area (Å²) in [5, 5.41) is 0. The molecule has 0 rings (SSSR count). The molecular weight excluding hydrogens is 1110 g/mol. The van der Waals surface area contributed by atoms with E-state index in [-0.39, 0.29) is 32.0 Å². The standard InChI is InChI=1S/C78H144NO8P/c1-6-8-10-12-14-16-18-20-22-24-26-28-30-31-32-33-34-35-36-37-38-39-40-41-42-43-44-45-46-47-49-50-52-54-56-58-60-62-64-66-68-70-77(80)84-74-76(75-86-88(82,83)85-73-72-79(3,4)5)87-78(81)71-69-67-65-63-61-59-57-55-53-51-48-29-27-25-23-21-19-17-15-13-11-9-7-2/h9,11,15,17,21,23-24,26-27,29,51,53,76H,6-8,10,12-14,16,18-20,22,25,28,30-50,52,54-75H2,1-5H3/p+1/b11-9-,17-15-,23-21-,26-24-,29-27-,53-51-. The van der Waals surface area contributed by atoms with Crippen molar-refractivity contribution in [1.82, 2.24) is 0 Å². The number of rotatable bonds is 70. The number of quaternary nitrogens is 1. The van der Waals surface area contributed by atoms with Crippen molar-refractivity contribution in [3.63, 3.8) is 0 Å². The first-order valence-electron chi connectivity index (χ1n) is 37.7. The maximum Gasteiger partial charge on any atom is 0.472 e. The molecule has 0 aromatic rings. The van der Waals surface area contributed by atoms with Gasteiger partial charge in [0.1, 0.15) is 19.8 Å². The van der Waals surface area contributed by atoms with Crippen LogP contribution >= 0.6 is 7.82 Å². The number of phosphoric ester groups is 1. The second kappa shape index (κ2) is 68.8. The molecular formula is C78H145NO8P+. The average molecular weight is 1260 g/mol. The van der Waals surface area contributed by atoms with Gasteiger partial charge in [-0.2, -0.15) is 0 Å². The minimum Gasteiger partial charge on any atom is -0.462 e. The summed E-state index contributed by atoms with van der Waals surface area (Å²) < 4.78 is 34.7. The summed E-state index contributed by atoms with van der Waals surface area (Å²) in [5.41, 5.74) is 0. The minimum absolute atomic E-state index is 0.0280. The van der Waals surface area contributed by atoms with Gasteiger partial charge in [0.25, 0.3) is 0 Å². The van der Waals surface area contributed by atoms with Gasteiger partial charge >= 0.3 is 19.8 Å². The average Bonchev–Trinajstić information content (AvgIpc) is 3.68. The number of esters is 2. The largest absolute Gasteiger partial charge is 0.472 e. The van der Waals surface area contributed by atoms with Crippen molar-refractivity contribution in [2.75, 3.05) is 47.5 Å². The molecule has 0 spiro atoms. The van der Waals surface area contributed by atoms with E-state index in [1.165, 1.54) is 250 Å². The van der Waals surface area contributed by atoms with Gasteiger partial charge in [0.2, 0.25) is 0 Å². The monoisotopic (exact) mass is 1260 g/mol. The third kappa shape index (κ3) is 72.5. The van der Waals surface area contributed by atoms with E-state index in [0.717, 1.165) is 77.0 Å². The van der Waals surface area contributed by atoms with Gasteiger partial charge in [-0.3, -0.25) is 18.6 Å². The Hall–Kier alpha value is -2.55. The molecule has 0 aromatic heterocycles. The highest BCUT2D eigenvalue weighted by atomic mass is 31.2. The van der Waals surface area contributed by atoms with Crippen molar-refractivity contribution in [2.24, 2.45) is 0 Å². The SMILES string of the molecule is CC/C=C\C/C=C\C/C=C\C/C=C\C/C=C\CCCCCCCCCC(=O)OC(COC(=O)CCCCCCCCCCCCCCCCCCCCCCCCCCCCCCC/C=C\CCCCCCCCCC)COP(=O)(O)OCC[N+](C)(C)C. The number of hydrogen-bond donors (Lipinski definition) is 1. The number of carbonyl (C=O) groups is 2. The summed E-state index contributed by atoms with van der Waals surface area (Å²) in [7, 11) is 1.48. The van der Waals surface area contributed by atoms with Crippen molar-refractivity contribution in [2.45, 2.75) is 367 Å². The predicted octanol–water partition coefficient (Wildman–Crippen LogP) is 24.7. The molecule has 0 aliphatic carbocycles. The molecule has 0 bridgehead atoms. The van der Waals surface area contributed by atoms with E-state index in [0.29, 0.717) is 17.4 Å². The molecule has 0 aliphatic rings. The molecule has 0 saturated heterocycles. The normalized spacial score (nSPS) is 13.5. The van der Waals surface area contributed by atoms with Gasteiger partial charge in [-0.15, -0.1) is 0 Å². The fourth-order valence-corrected chi connectivity index (χ4v) is 11.7. The fraction of sp³-hybridized carbons (Fsp3) is 0.821. The van der Waals surface area contributed by atoms with Crippen molar-refractivity contribution < 1.29 is 42.1 Å². The summed E-state index contributed by atoms with van der Waals surface area (Å²) in [5.74, 6) is -0.798. The smallest absolute Gasteiger partial charge is 0.462 e. The highest BCUT2D eigenvalue weighted by molar-refractivity contribution is 7.47. The first kappa shape index (κ1) is 85.5. The van der Waals surface area contributed by atoms with Crippen LogP contribution in [0.1, 0.15) is 361 Å². The fourth-order valence-electron chi connectivity index (χ4n) is 11.0. The highest BCUT2D eigenvalue weighted by Crippen LogP contribution is 2.43. The number of likely N-dealkylation sites (N-methyl/N-ethyl adjacent to an activating group) is 1. The lowest BCUT2D eigenvalue weighted by Gasteiger charge is -2.24. The van der Waals surface area contributed by atoms with Crippen LogP contribution in [0.3, 0.4) is 0 Å². The van der Waals surface area contributed by atoms with Crippen molar-refractivity contribution in [1.29, 1.82) is 0 Å². The van der Waals surface area contributed by atoms with E-state index in [1.807, 2.05) is 21.1 Å². The number of carbonyl (C=O) groups excluding carboxylic acids is 2. The van der Waals surface area contributed by atoms with Crippen LogP contribution in [0.25, 0.3) is 0 Å². The molecule has 10 heteroatoms. The van der Waals surface area contributed by atoms with Crippen molar-refractivity contribution in [3.05, 3.63) is 72.9 Å². The summed E-state index contributed by atoms with van der Waals surface area (Å²) >= 11 is 0. The number of ether oxygens (including phenoxy) is 2. The van der Waals surface area contributed by atoms with Gasteiger partial charge in [-0.05, 0) is 83.5 Å². The molecule has 0 radical (unpaired) electrons. The third-order valence-corrected chi connectivity index (χ3v) is 17.7. The van der Waals surface area contributed by atoms with Gasteiger partial charge in [0.15, 0.2) is 6.10 Å². The maximum absolute atomic E-state index is 12.9. The van der Waals surface area contributed by atoms with Gasteiger partial charge in [0.05, 0.1) is 27.7 Å². The van der Waals surface area contributed by atoms with E-state index in [9.17, 15) is 19.0 Å². The molecule has 0 aliphatic heterocycles. The lowest BCUT2D eigenvalue weighted by molar-refractivity contribution is -0.870. The molecule has 2 atom stereocenters. The summed E-state index contributed by atoms with van der Waals surface area (Å²) in [6, 6.07) is 0. The van der Waals surface area contributed by atoms with Crippen LogP contribution in [0.5, 0.6) is 0 Å². The first-order valence-corrected chi connectivity index (χ1v) is 39.2. The number of allylic oxidation sites excluding steroid dienone is 12. The Labute approximate surface area is 546 Å². The van der Waals surface area contributed by atoms with Crippen LogP contribution in [0.2, 0.25) is 0 Å². The Bertz CT molecular complexity index is 1710. The summed E-state index contributed by atoms with van der Waals surface area (Å²) in [4.78, 5) is 35.9. The Morgan fingerprint density at radius 2 is 0.648 bits per heavy atom. The van der Waals surface area contributed by atoms with Gasteiger partial charge in [0, 0.05) is 12.8 Å². The van der Waals surface area contributed by atoms with Crippen molar-refractivity contribution >= 4 is 19.8 Å². The van der Waals surface area contributed by atoms with Gasteiger partial charge in [-0.1, -0.05) is 337 Å². The maximum atomic E-state index is 12.9. The minimum atomic E-state index is -4.40. The Kier molecular flexibility index (Phi) is 66.8. The number of phosphoric acid groups is 1. The van der Waals surface area contributed by atoms with Gasteiger partial charge in [-0.25, -0.2) is 4.57 Å². The van der Waals surface area contributed by atoms with E-state index >= 15 is 0 Å². The molecule has 0 fully saturated rings. The Morgan fingerprint density at radius 3 is 0.977 bits per heavy atom. The molecule has 88 heavy (non-hydrogen) atoms. The zero-order valence-electron chi connectivity index (χ0n) is 58.7. The number of hydrogen-bond acceptors (Lipinski definition) is 7. The zero-order valence-corrected chi connectivity index (χ0v) is 59.6. The summed E-state index contributed by atoms with van der Waals surface area (Å²) in [6.45, 7) is 4.35. The van der Waals surface area contributed by atoms with Crippen molar-refractivity contribution in [3.8, 4) is 0 Å². The molecule has 0 heterocycles. The Balaban J connectivity index is 3.90. The van der Waals surface area contributed by atoms with Gasteiger partial charge < -0.3 is 18.9 Å². The van der Waals surface area contributed by atoms with E-state index < -0.39 is 26.5 Å². The third-order valence-electron chi connectivity index (χ3n) is 16.7. The van der Waals surface area contributed by atoms with Crippen LogP contribution in [-0.2, 0) is 32.7 Å². The lowest BCUT2D eigenvalue weighted by atomic mass is 10.0.